The Hall–Kier alpha value is -1.35. The van der Waals surface area contributed by atoms with Gasteiger partial charge >= 0.3 is 0 Å². The molecule has 1 aromatic rings. The van der Waals surface area contributed by atoms with Crippen LogP contribution in [0, 0.1) is 0 Å². The number of nitrogens with zero attached hydrogens (tertiary/aromatic N) is 1. The van der Waals surface area contributed by atoms with Gasteiger partial charge in [-0.15, -0.1) is 0 Å². The highest BCUT2D eigenvalue weighted by Gasteiger charge is 2.36. The lowest BCUT2D eigenvalue weighted by Crippen LogP contribution is -2.44. The number of sulfonamides is 1. The average molecular weight is 330 g/mol. The summed E-state index contributed by atoms with van der Waals surface area (Å²) in [5.41, 5.74) is -1.05. The molecule has 0 spiro atoms. The van der Waals surface area contributed by atoms with E-state index in [0.717, 1.165) is 6.54 Å². The maximum atomic E-state index is 12.5. The van der Waals surface area contributed by atoms with Crippen molar-refractivity contribution in [2.24, 2.45) is 0 Å². The lowest BCUT2D eigenvalue weighted by Gasteiger charge is -2.23. The maximum absolute atomic E-state index is 12.5. The highest BCUT2D eigenvalue weighted by atomic mass is 32.2. The van der Waals surface area contributed by atoms with Crippen molar-refractivity contribution in [3.8, 4) is 11.5 Å². The molecule has 7 nitrogen and oxygen atoms in total. The standard InChI is InChI=1S/C14H22N2O5S/c1-16-8-7-14(17,10-16)9-15-22(18,19)12-6-4-5-11(20-2)13(12)21-3/h4-6,15,17H,7-10H2,1-3H3. The fourth-order valence-electron chi connectivity index (χ4n) is 2.58. The second kappa shape index (κ2) is 6.41. The Morgan fingerprint density at radius 1 is 1.36 bits per heavy atom. The van der Waals surface area contributed by atoms with Gasteiger partial charge < -0.3 is 19.5 Å². The topological polar surface area (TPSA) is 88.1 Å². The summed E-state index contributed by atoms with van der Waals surface area (Å²) in [5, 5.41) is 10.4. The number of nitrogens with one attached hydrogen (secondary N) is 1. The van der Waals surface area contributed by atoms with Crippen LogP contribution >= 0.6 is 0 Å². The molecule has 0 amide bonds. The quantitative estimate of drug-likeness (QED) is 0.766. The Balaban J connectivity index is 2.21. The molecule has 22 heavy (non-hydrogen) atoms. The van der Waals surface area contributed by atoms with Crippen molar-refractivity contribution in [1.29, 1.82) is 0 Å². The first-order chi connectivity index (χ1) is 10.3. The van der Waals surface area contributed by atoms with E-state index in [9.17, 15) is 13.5 Å². The second-order valence-corrected chi connectivity index (χ2v) is 7.26. The third-order valence-electron chi connectivity index (χ3n) is 3.77. The zero-order valence-corrected chi connectivity index (χ0v) is 13.8. The van der Waals surface area contributed by atoms with Crippen LogP contribution in [0.4, 0.5) is 0 Å². The zero-order valence-electron chi connectivity index (χ0n) is 13.0. The predicted octanol–water partition coefficient (Wildman–Crippen LogP) is 0.0487. The number of hydrogen-bond donors (Lipinski definition) is 2. The largest absolute Gasteiger partial charge is 0.493 e. The molecule has 1 fully saturated rings. The van der Waals surface area contributed by atoms with Crippen LogP contribution in [0.2, 0.25) is 0 Å². The Labute approximate surface area is 130 Å². The summed E-state index contributed by atoms with van der Waals surface area (Å²) in [6, 6.07) is 4.64. The molecule has 1 aliphatic heterocycles. The van der Waals surface area contributed by atoms with Crippen LogP contribution in [0.15, 0.2) is 23.1 Å². The fraction of sp³-hybridized carbons (Fsp3) is 0.571. The molecule has 1 saturated heterocycles. The van der Waals surface area contributed by atoms with Crippen molar-refractivity contribution < 1.29 is 23.0 Å². The molecule has 0 saturated carbocycles. The minimum absolute atomic E-state index is 0.00991. The van der Waals surface area contributed by atoms with Crippen LogP contribution in [0.3, 0.4) is 0 Å². The molecule has 1 aromatic carbocycles. The minimum atomic E-state index is -3.81. The van der Waals surface area contributed by atoms with Gasteiger partial charge in [-0.1, -0.05) is 6.07 Å². The number of likely N-dealkylation sites (N-methyl/N-ethyl adjacent to an activating group) is 1. The van der Waals surface area contributed by atoms with Crippen LogP contribution in [-0.4, -0.2) is 64.9 Å². The summed E-state index contributed by atoms with van der Waals surface area (Å²) in [4.78, 5) is 1.95. The molecule has 0 radical (unpaired) electrons. The first kappa shape index (κ1) is 17.0. The summed E-state index contributed by atoms with van der Waals surface area (Å²) in [6.45, 7) is 1.13. The van der Waals surface area contributed by atoms with E-state index < -0.39 is 15.6 Å². The summed E-state index contributed by atoms with van der Waals surface area (Å²) in [7, 11) is 0.903. The molecule has 8 heteroatoms. The van der Waals surface area contributed by atoms with E-state index in [-0.39, 0.29) is 17.2 Å². The summed E-state index contributed by atoms with van der Waals surface area (Å²) < 4.78 is 37.7. The van der Waals surface area contributed by atoms with E-state index in [1.165, 1.54) is 20.3 Å². The molecule has 1 heterocycles. The van der Waals surface area contributed by atoms with Crippen LogP contribution < -0.4 is 14.2 Å². The summed E-state index contributed by atoms with van der Waals surface area (Å²) >= 11 is 0. The van der Waals surface area contributed by atoms with Crippen molar-refractivity contribution in [2.45, 2.75) is 16.9 Å². The first-order valence-electron chi connectivity index (χ1n) is 6.93. The van der Waals surface area contributed by atoms with Crippen LogP contribution in [-0.2, 0) is 10.0 Å². The number of rotatable bonds is 6. The lowest BCUT2D eigenvalue weighted by atomic mass is 10.0. The Morgan fingerprint density at radius 3 is 2.64 bits per heavy atom. The molecule has 1 atom stereocenters. The van der Waals surface area contributed by atoms with Gasteiger partial charge in [0.2, 0.25) is 10.0 Å². The summed E-state index contributed by atoms with van der Waals surface area (Å²) in [6.07, 6.45) is 0.529. The number of para-hydroxylation sites is 1. The van der Waals surface area contributed by atoms with E-state index in [2.05, 4.69) is 4.72 Å². The van der Waals surface area contributed by atoms with Gasteiger partial charge in [0.05, 0.1) is 19.8 Å². The average Bonchev–Trinajstić information content (AvgIpc) is 2.84. The van der Waals surface area contributed by atoms with Crippen molar-refractivity contribution in [1.82, 2.24) is 9.62 Å². The molecule has 2 N–H and O–H groups in total. The second-order valence-electron chi connectivity index (χ2n) is 5.53. The van der Waals surface area contributed by atoms with Crippen molar-refractivity contribution >= 4 is 10.0 Å². The third-order valence-corrected chi connectivity index (χ3v) is 5.20. The van der Waals surface area contributed by atoms with E-state index in [1.807, 2.05) is 11.9 Å². The molecule has 0 bridgehead atoms. The van der Waals surface area contributed by atoms with Gasteiger partial charge in [-0.2, -0.15) is 0 Å². The predicted molar refractivity (Wildman–Crippen MR) is 81.8 cm³/mol. The smallest absolute Gasteiger partial charge is 0.244 e. The number of likely N-dealkylation sites (tertiary alicyclic amines) is 1. The Bertz CT molecular complexity index is 634. The highest BCUT2D eigenvalue weighted by molar-refractivity contribution is 7.89. The molecular weight excluding hydrogens is 308 g/mol. The van der Waals surface area contributed by atoms with Gasteiger partial charge in [-0.3, -0.25) is 0 Å². The van der Waals surface area contributed by atoms with Gasteiger partial charge in [-0.05, 0) is 25.6 Å². The SMILES string of the molecule is COc1cccc(S(=O)(=O)NCC2(O)CCN(C)C2)c1OC. The molecular formula is C14H22N2O5S. The van der Waals surface area contributed by atoms with Gasteiger partial charge in [-0.25, -0.2) is 13.1 Å². The van der Waals surface area contributed by atoms with E-state index >= 15 is 0 Å². The highest BCUT2D eigenvalue weighted by Crippen LogP contribution is 2.33. The normalized spacial score (nSPS) is 22.7. The van der Waals surface area contributed by atoms with E-state index in [0.29, 0.717) is 18.7 Å². The number of ether oxygens (including phenoxy) is 2. The molecule has 1 unspecified atom stereocenters. The van der Waals surface area contributed by atoms with Gasteiger partial charge in [0, 0.05) is 19.6 Å². The number of β-amino-alcohol motifs (C(OH)–C–C–N with tert-alkyl or cyclic N) is 1. The monoisotopic (exact) mass is 330 g/mol. The van der Waals surface area contributed by atoms with Gasteiger partial charge in [0.25, 0.3) is 0 Å². The first-order valence-corrected chi connectivity index (χ1v) is 8.41. The molecule has 0 aliphatic carbocycles. The number of aliphatic hydroxyl groups is 1. The van der Waals surface area contributed by atoms with Gasteiger partial charge in [0.15, 0.2) is 11.5 Å². The molecule has 124 valence electrons. The number of methoxy groups -OCH3 is 2. The fourth-order valence-corrected chi connectivity index (χ4v) is 3.88. The molecule has 2 rings (SSSR count). The Morgan fingerprint density at radius 2 is 2.09 bits per heavy atom. The third kappa shape index (κ3) is 3.52. The molecule has 1 aliphatic rings. The molecule has 0 aromatic heterocycles. The van der Waals surface area contributed by atoms with Gasteiger partial charge in [0.1, 0.15) is 4.90 Å². The zero-order chi connectivity index (χ0) is 16.4. The van der Waals surface area contributed by atoms with Crippen LogP contribution in [0.5, 0.6) is 11.5 Å². The van der Waals surface area contributed by atoms with E-state index in [4.69, 9.17) is 9.47 Å². The number of benzene rings is 1. The Kier molecular flexibility index (Phi) is 4.96. The lowest BCUT2D eigenvalue weighted by molar-refractivity contribution is 0.0572. The van der Waals surface area contributed by atoms with Crippen molar-refractivity contribution in [3.63, 3.8) is 0 Å². The van der Waals surface area contributed by atoms with Crippen LogP contribution in [0.1, 0.15) is 6.42 Å². The van der Waals surface area contributed by atoms with Crippen molar-refractivity contribution in [3.05, 3.63) is 18.2 Å². The maximum Gasteiger partial charge on any atom is 0.244 e. The van der Waals surface area contributed by atoms with Crippen molar-refractivity contribution in [2.75, 3.05) is 40.9 Å². The minimum Gasteiger partial charge on any atom is -0.493 e. The van der Waals surface area contributed by atoms with E-state index in [1.54, 1.807) is 12.1 Å². The van der Waals surface area contributed by atoms with Crippen LogP contribution in [0.25, 0.3) is 0 Å². The summed E-state index contributed by atoms with van der Waals surface area (Å²) in [5.74, 6) is 0.484. The number of hydrogen-bond acceptors (Lipinski definition) is 6.